The lowest BCUT2D eigenvalue weighted by molar-refractivity contribution is -0.0500. The van der Waals surface area contributed by atoms with Crippen molar-refractivity contribution in [3.8, 4) is 16.5 Å². The molecular formula is C14H11F4N5O2S2. The van der Waals surface area contributed by atoms with E-state index in [9.17, 15) is 17.6 Å². The van der Waals surface area contributed by atoms with Gasteiger partial charge in [0.15, 0.2) is 0 Å². The maximum Gasteiger partial charge on any atom is 0.387 e. The van der Waals surface area contributed by atoms with E-state index in [2.05, 4.69) is 24.9 Å². The molecule has 0 atom stereocenters. The third kappa shape index (κ3) is 4.86. The molecule has 0 radical (unpaired) electrons. The minimum atomic E-state index is -2.95. The highest BCUT2D eigenvalue weighted by molar-refractivity contribution is 7.99. The summed E-state index contributed by atoms with van der Waals surface area (Å²) in [6.07, 6.45) is 3.07. The number of anilines is 1. The normalized spacial score (nSPS) is 11.4. The van der Waals surface area contributed by atoms with E-state index in [-0.39, 0.29) is 11.6 Å². The number of hydrogen-bond donors (Lipinski definition) is 0. The second kappa shape index (κ2) is 8.52. The second-order valence-corrected chi connectivity index (χ2v) is 6.76. The second-order valence-electron chi connectivity index (χ2n) is 4.84. The predicted octanol–water partition coefficient (Wildman–Crippen LogP) is 4.41. The van der Waals surface area contributed by atoms with Gasteiger partial charge in [0, 0.05) is 12.3 Å². The van der Waals surface area contributed by atoms with E-state index in [1.165, 1.54) is 47.9 Å². The zero-order valence-electron chi connectivity index (χ0n) is 13.6. The highest BCUT2D eigenvalue weighted by Gasteiger charge is 2.19. The number of hydrogen-bond acceptors (Lipinski definition) is 9. The summed E-state index contributed by atoms with van der Waals surface area (Å²) < 4.78 is 60.8. The van der Waals surface area contributed by atoms with Gasteiger partial charge in [-0.1, -0.05) is 11.9 Å². The van der Waals surface area contributed by atoms with Crippen LogP contribution in [0.3, 0.4) is 0 Å². The number of rotatable bonds is 8. The Kier molecular flexibility index (Phi) is 6.11. The van der Waals surface area contributed by atoms with Gasteiger partial charge in [-0.2, -0.15) is 17.6 Å². The van der Waals surface area contributed by atoms with E-state index in [4.69, 9.17) is 4.42 Å². The Hall–Kier alpha value is -2.41. The Balaban J connectivity index is 1.74. The van der Waals surface area contributed by atoms with Crippen molar-refractivity contribution in [2.45, 2.75) is 19.6 Å². The van der Waals surface area contributed by atoms with Crippen LogP contribution in [-0.2, 0) is 6.54 Å². The van der Waals surface area contributed by atoms with Gasteiger partial charge in [0.2, 0.25) is 0 Å². The fourth-order valence-electron chi connectivity index (χ4n) is 2.00. The van der Waals surface area contributed by atoms with Gasteiger partial charge in [-0.05, 0) is 0 Å². The molecule has 3 aromatic heterocycles. The number of aromatic nitrogens is 4. The molecule has 0 aliphatic carbocycles. The molecule has 0 saturated heterocycles. The highest BCUT2D eigenvalue weighted by atomic mass is 32.2. The number of nitrogens with zero attached hydrogens (tertiary/aromatic N) is 5. The van der Waals surface area contributed by atoms with Crippen molar-refractivity contribution in [1.29, 1.82) is 0 Å². The summed E-state index contributed by atoms with van der Waals surface area (Å²) in [6, 6.07) is 1.43. The molecule has 3 rings (SSSR count). The molecule has 0 saturated carbocycles. The van der Waals surface area contributed by atoms with Crippen molar-refractivity contribution in [3.63, 3.8) is 0 Å². The van der Waals surface area contributed by atoms with Crippen LogP contribution in [0.1, 0.15) is 17.3 Å². The van der Waals surface area contributed by atoms with Crippen molar-refractivity contribution in [2.75, 3.05) is 10.6 Å². The van der Waals surface area contributed by atoms with E-state index >= 15 is 0 Å². The summed E-state index contributed by atoms with van der Waals surface area (Å²) in [5.74, 6) is -0.863. The van der Waals surface area contributed by atoms with Crippen LogP contribution in [0, 0.1) is 0 Å². The van der Waals surface area contributed by atoms with E-state index in [1.54, 1.807) is 10.6 Å². The van der Waals surface area contributed by atoms with Gasteiger partial charge in [0.1, 0.15) is 15.6 Å². The van der Waals surface area contributed by atoms with Crippen LogP contribution < -0.4 is 9.04 Å². The molecule has 0 fully saturated rings. The van der Waals surface area contributed by atoms with Crippen LogP contribution >= 0.6 is 23.3 Å². The molecule has 0 amide bonds. The van der Waals surface area contributed by atoms with E-state index in [1.807, 2.05) is 0 Å². The molecule has 3 aromatic rings. The Morgan fingerprint density at radius 1 is 1.22 bits per heavy atom. The number of ether oxygens (including phenoxy) is 1. The fourth-order valence-corrected chi connectivity index (χ4v) is 3.47. The molecule has 0 aliphatic rings. The van der Waals surface area contributed by atoms with E-state index in [0.717, 1.165) is 0 Å². The predicted molar refractivity (Wildman–Crippen MR) is 90.9 cm³/mol. The van der Waals surface area contributed by atoms with Crippen molar-refractivity contribution in [1.82, 2.24) is 20.2 Å². The average molecular weight is 421 g/mol. The van der Waals surface area contributed by atoms with Gasteiger partial charge in [-0.25, -0.2) is 4.98 Å². The third-order valence-electron chi connectivity index (χ3n) is 3.10. The van der Waals surface area contributed by atoms with Crippen molar-refractivity contribution in [2.24, 2.45) is 0 Å². The maximum atomic E-state index is 12.5. The molecule has 0 N–H and O–H groups in total. The van der Waals surface area contributed by atoms with E-state index < -0.39 is 18.9 Å². The van der Waals surface area contributed by atoms with Crippen LogP contribution in [0.15, 0.2) is 29.1 Å². The van der Waals surface area contributed by atoms with Gasteiger partial charge >= 0.3 is 13.0 Å². The Morgan fingerprint density at radius 2 is 2.04 bits per heavy atom. The lowest BCUT2D eigenvalue weighted by Crippen LogP contribution is -2.13. The molecule has 27 heavy (non-hydrogen) atoms. The van der Waals surface area contributed by atoms with Gasteiger partial charge in [-0.3, -0.25) is 4.98 Å². The Bertz CT molecular complexity index is 892. The first kappa shape index (κ1) is 19.4. The molecule has 144 valence electrons. The summed E-state index contributed by atoms with van der Waals surface area (Å²) in [6.45, 7) is -2.64. The third-order valence-corrected chi connectivity index (χ3v) is 4.85. The fraction of sp³-hybridized carbons (Fsp3) is 0.286. The minimum absolute atomic E-state index is 0.0428. The summed E-state index contributed by atoms with van der Waals surface area (Å²) in [5, 5.41) is 7.47. The van der Waals surface area contributed by atoms with Crippen LogP contribution in [0.5, 0.6) is 5.75 Å². The molecular weight excluding hydrogens is 410 g/mol. The van der Waals surface area contributed by atoms with Crippen LogP contribution in [0.2, 0.25) is 0 Å². The molecule has 0 bridgehead atoms. The molecule has 0 aliphatic heterocycles. The first-order valence-corrected chi connectivity index (χ1v) is 9.24. The SMILES string of the molecule is CSN(Cc1ncc(-c2nnc(C(F)F)o2)s1)c1cncc(OC(F)F)c1. The number of pyridine rings is 1. The van der Waals surface area contributed by atoms with Crippen molar-refractivity contribution >= 4 is 29.0 Å². The van der Waals surface area contributed by atoms with Crippen LogP contribution in [0.4, 0.5) is 23.2 Å². The smallest absolute Gasteiger partial charge is 0.387 e. The average Bonchev–Trinajstić information content (AvgIpc) is 3.28. The van der Waals surface area contributed by atoms with Gasteiger partial charge in [0.05, 0.1) is 30.8 Å². The summed E-state index contributed by atoms with van der Waals surface area (Å²) in [4.78, 5) is 8.54. The molecule has 3 heterocycles. The first-order chi connectivity index (χ1) is 13.0. The quantitative estimate of drug-likeness (QED) is 0.391. The van der Waals surface area contributed by atoms with Crippen molar-refractivity contribution in [3.05, 3.63) is 35.6 Å². The Labute approximate surface area is 158 Å². The number of halogens is 4. The molecule has 0 unspecified atom stereocenters. The molecule has 0 aromatic carbocycles. The zero-order valence-corrected chi connectivity index (χ0v) is 15.2. The summed E-state index contributed by atoms with van der Waals surface area (Å²) >= 11 is 2.51. The van der Waals surface area contributed by atoms with Gasteiger partial charge < -0.3 is 13.5 Å². The molecule has 13 heteroatoms. The number of thiazole rings is 1. The first-order valence-electron chi connectivity index (χ1n) is 7.24. The minimum Gasteiger partial charge on any atom is -0.433 e. The number of alkyl halides is 4. The molecule has 7 nitrogen and oxygen atoms in total. The lowest BCUT2D eigenvalue weighted by Gasteiger charge is -2.20. The van der Waals surface area contributed by atoms with Gasteiger partial charge in [-0.15, -0.1) is 21.5 Å². The molecule has 0 spiro atoms. The Morgan fingerprint density at radius 3 is 2.70 bits per heavy atom. The standard InChI is InChI=1S/C14H11F4N5O2S2/c1-26-23(7-2-8(4-19-3-7)24-14(17)18)6-10-20-5-9(27-10)12-21-22-13(25-12)11(15)16/h2-5,11,14H,6H2,1H3. The summed E-state index contributed by atoms with van der Waals surface area (Å²) in [5.41, 5.74) is 0.537. The van der Waals surface area contributed by atoms with Crippen LogP contribution in [0.25, 0.3) is 10.8 Å². The zero-order chi connectivity index (χ0) is 19.4. The monoisotopic (exact) mass is 421 g/mol. The largest absolute Gasteiger partial charge is 0.433 e. The highest BCUT2D eigenvalue weighted by Crippen LogP contribution is 2.31. The van der Waals surface area contributed by atoms with E-state index in [0.29, 0.717) is 22.1 Å². The van der Waals surface area contributed by atoms with Crippen molar-refractivity contribution < 1.29 is 26.7 Å². The maximum absolute atomic E-state index is 12.5. The summed E-state index contributed by atoms with van der Waals surface area (Å²) in [7, 11) is 0. The topological polar surface area (TPSA) is 77.2 Å². The lowest BCUT2D eigenvalue weighted by atomic mass is 10.4. The van der Waals surface area contributed by atoms with Crippen LogP contribution in [-0.4, -0.2) is 33.0 Å². The van der Waals surface area contributed by atoms with Gasteiger partial charge in [0.25, 0.3) is 11.8 Å².